The summed E-state index contributed by atoms with van der Waals surface area (Å²) < 4.78 is 13.4. The lowest BCUT2D eigenvalue weighted by atomic mass is 10.2. The van der Waals surface area contributed by atoms with Gasteiger partial charge in [-0.25, -0.2) is 4.98 Å². The van der Waals surface area contributed by atoms with Crippen LogP contribution in [0.3, 0.4) is 0 Å². The van der Waals surface area contributed by atoms with Crippen LogP contribution in [0.2, 0.25) is 0 Å². The molecule has 3 rings (SSSR count). The van der Waals surface area contributed by atoms with Crippen LogP contribution in [0.25, 0.3) is 4.96 Å². The molecule has 0 bridgehead atoms. The number of para-hydroxylation sites is 1. The zero-order chi connectivity index (χ0) is 14.7. The first-order valence-corrected chi connectivity index (χ1v) is 7.59. The van der Waals surface area contributed by atoms with Gasteiger partial charge >= 0.3 is 0 Å². The van der Waals surface area contributed by atoms with Crippen molar-refractivity contribution in [2.45, 2.75) is 20.1 Å². The molecule has 0 unspecified atom stereocenters. The van der Waals surface area contributed by atoms with Crippen molar-refractivity contribution in [1.29, 1.82) is 0 Å². The molecule has 0 radical (unpaired) electrons. The van der Waals surface area contributed by atoms with Crippen molar-refractivity contribution in [3.05, 3.63) is 47.2 Å². The monoisotopic (exact) mass is 304 g/mol. The van der Waals surface area contributed by atoms with E-state index in [-0.39, 0.29) is 6.61 Å². The van der Waals surface area contributed by atoms with Gasteiger partial charge in [0.25, 0.3) is 0 Å². The second kappa shape index (κ2) is 6.15. The number of imidazole rings is 1. The van der Waals surface area contributed by atoms with Crippen molar-refractivity contribution >= 4 is 16.3 Å². The molecule has 2 heterocycles. The van der Waals surface area contributed by atoms with Crippen molar-refractivity contribution in [3.63, 3.8) is 0 Å². The number of fused-ring (bicyclic) bond motifs is 1. The van der Waals surface area contributed by atoms with E-state index in [1.54, 1.807) is 11.3 Å². The molecular weight excluding hydrogens is 288 g/mol. The van der Waals surface area contributed by atoms with Gasteiger partial charge in [-0.3, -0.25) is 4.40 Å². The summed E-state index contributed by atoms with van der Waals surface area (Å²) in [5.74, 6) is 1.23. The number of ether oxygens (including phenoxy) is 2. The maximum atomic E-state index is 9.44. The number of aliphatic hydroxyl groups is 1. The molecule has 6 heteroatoms. The van der Waals surface area contributed by atoms with Gasteiger partial charge in [0.2, 0.25) is 0 Å². The van der Waals surface area contributed by atoms with Crippen LogP contribution < -0.4 is 9.47 Å². The summed E-state index contributed by atoms with van der Waals surface area (Å²) in [6, 6.07) is 5.50. The molecule has 1 N–H and O–H groups in total. The van der Waals surface area contributed by atoms with Crippen molar-refractivity contribution in [2.75, 3.05) is 6.61 Å². The quantitative estimate of drug-likeness (QED) is 0.761. The molecule has 0 aliphatic rings. The number of aliphatic hydroxyl groups excluding tert-OH is 1. The van der Waals surface area contributed by atoms with Gasteiger partial charge in [0.15, 0.2) is 16.5 Å². The molecular formula is C15H16N2O3S. The second-order valence-corrected chi connectivity index (χ2v) is 5.32. The Morgan fingerprint density at radius 3 is 3.00 bits per heavy atom. The zero-order valence-electron chi connectivity index (χ0n) is 11.7. The first kappa shape index (κ1) is 13.9. The highest BCUT2D eigenvalue weighted by molar-refractivity contribution is 7.15. The van der Waals surface area contributed by atoms with E-state index < -0.39 is 0 Å². The van der Waals surface area contributed by atoms with Gasteiger partial charge in [0.1, 0.15) is 6.61 Å². The Kier molecular flexibility index (Phi) is 4.08. The van der Waals surface area contributed by atoms with Gasteiger partial charge < -0.3 is 14.6 Å². The Bertz CT molecular complexity index is 707. The topological polar surface area (TPSA) is 56.0 Å². The fourth-order valence-corrected chi connectivity index (χ4v) is 2.83. The molecule has 0 saturated heterocycles. The van der Waals surface area contributed by atoms with Crippen LogP contribution in [0.15, 0.2) is 36.0 Å². The maximum absolute atomic E-state index is 9.44. The summed E-state index contributed by atoms with van der Waals surface area (Å²) in [6.45, 7) is 2.71. The number of hydrogen-bond donors (Lipinski definition) is 1. The van der Waals surface area contributed by atoms with Crippen LogP contribution in [0.4, 0.5) is 0 Å². The molecule has 0 spiro atoms. The highest BCUT2D eigenvalue weighted by Crippen LogP contribution is 2.32. The van der Waals surface area contributed by atoms with Crippen LogP contribution in [-0.2, 0) is 13.2 Å². The van der Waals surface area contributed by atoms with E-state index >= 15 is 0 Å². The third-order valence-electron chi connectivity index (χ3n) is 3.04. The maximum Gasteiger partial charge on any atom is 0.193 e. The average molecular weight is 304 g/mol. The summed E-state index contributed by atoms with van der Waals surface area (Å²) in [6.07, 6.45) is 3.90. The van der Waals surface area contributed by atoms with E-state index in [0.29, 0.717) is 30.3 Å². The molecule has 0 saturated carbocycles. The summed E-state index contributed by atoms with van der Waals surface area (Å²) >= 11 is 1.58. The largest absolute Gasteiger partial charge is 0.490 e. The Hall–Kier alpha value is -2.05. The first-order valence-electron chi connectivity index (χ1n) is 6.71. The smallest absolute Gasteiger partial charge is 0.193 e. The number of benzene rings is 1. The molecule has 2 aromatic heterocycles. The fraction of sp³-hybridized carbons (Fsp3) is 0.267. The fourth-order valence-electron chi connectivity index (χ4n) is 2.11. The predicted molar refractivity (Wildman–Crippen MR) is 80.9 cm³/mol. The Morgan fingerprint density at radius 1 is 1.33 bits per heavy atom. The van der Waals surface area contributed by atoms with Crippen LogP contribution >= 0.6 is 11.3 Å². The lowest BCUT2D eigenvalue weighted by Crippen LogP contribution is -2.03. The van der Waals surface area contributed by atoms with Gasteiger partial charge in [-0.05, 0) is 13.0 Å². The van der Waals surface area contributed by atoms with Crippen LogP contribution in [0.1, 0.15) is 18.2 Å². The molecule has 21 heavy (non-hydrogen) atoms. The number of thiazole rings is 1. The lowest BCUT2D eigenvalue weighted by Gasteiger charge is -2.14. The predicted octanol–water partition coefficient (Wildman–Crippen LogP) is 2.87. The summed E-state index contributed by atoms with van der Waals surface area (Å²) in [5, 5.41) is 11.4. The Labute approximate surface area is 126 Å². The minimum Gasteiger partial charge on any atom is -0.490 e. The highest BCUT2D eigenvalue weighted by atomic mass is 32.1. The molecule has 1 aromatic carbocycles. The Balaban J connectivity index is 1.81. The van der Waals surface area contributed by atoms with Crippen molar-refractivity contribution in [3.8, 4) is 11.5 Å². The normalized spacial score (nSPS) is 11.0. The molecule has 0 atom stereocenters. The molecule has 0 amide bonds. The number of rotatable bonds is 6. The van der Waals surface area contributed by atoms with Gasteiger partial charge in [0.05, 0.1) is 18.9 Å². The summed E-state index contributed by atoms with van der Waals surface area (Å²) in [7, 11) is 0. The molecule has 5 nitrogen and oxygen atoms in total. The van der Waals surface area contributed by atoms with Crippen molar-refractivity contribution in [2.24, 2.45) is 0 Å². The van der Waals surface area contributed by atoms with Crippen LogP contribution in [0, 0.1) is 0 Å². The van der Waals surface area contributed by atoms with E-state index in [1.807, 2.05) is 47.3 Å². The number of nitrogens with zero attached hydrogens (tertiary/aromatic N) is 2. The minimum absolute atomic E-state index is 0.0888. The molecule has 0 fully saturated rings. The van der Waals surface area contributed by atoms with E-state index in [0.717, 1.165) is 10.7 Å². The van der Waals surface area contributed by atoms with Crippen molar-refractivity contribution < 1.29 is 14.6 Å². The Morgan fingerprint density at radius 2 is 2.24 bits per heavy atom. The van der Waals surface area contributed by atoms with E-state index in [9.17, 15) is 5.11 Å². The standard InChI is InChI=1S/C15H16N2O3S/c1-2-19-13-5-3-4-11(9-18)14(13)20-10-12-8-17-6-7-21-15(17)16-12/h3-8,18H,2,9-10H2,1H3. The van der Waals surface area contributed by atoms with Gasteiger partial charge in [-0.15, -0.1) is 11.3 Å². The minimum atomic E-state index is -0.0888. The first-order chi connectivity index (χ1) is 10.3. The highest BCUT2D eigenvalue weighted by Gasteiger charge is 2.12. The third-order valence-corrected chi connectivity index (χ3v) is 3.81. The zero-order valence-corrected chi connectivity index (χ0v) is 12.5. The molecule has 3 aromatic rings. The van der Waals surface area contributed by atoms with E-state index in [2.05, 4.69) is 4.98 Å². The lowest BCUT2D eigenvalue weighted by molar-refractivity contribution is 0.242. The van der Waals surface area contributed by atoms with Crippen molar-refractivity contribution in [1.82, 2.24) is 9.38 Å². The second-order valence-electron chi connectivity index (χ2n) is 4.45. The van der Waals surface area contributed by atoms with Gasteiger partial charge in [0, 0.05) is 23.3 Å². The SMILES string of the molecule is CCOc1cccc(CO)c1OCc1cn2ccsc2n1. The molecule has 110 valence electrons. The van der Waals surface area contributed by atoms with Gasteiger partial charge in [-0.1, -0.05) is 12.1 Å². The third kappa shape index (κ3) is 2.86. The van der Waals surface area contributed by atoms with Crippen LogP contribution in [-0.4, -0.2) is 21.1 Å². The number of hydrogen-bond acceptors (Lipinski definition) is 5. The summed E-state index contributed by atoms with van der Waals surface area (Å²) in [4.78, 5) is 5.41. The van der Waals surface area contributed by atoms with Crippen LogP contribution in [0.5, 0.6) is 11.5 Å². The molecule has 0 aliphatic heterocycles. The van der Waals surface area contributed by atoms with E-state index in [1.165, 1.54) is 0 Å². The van der Waals surface area contributed by atoms with E-state index in [4.69, 9.17) is 9.47 Å². The van der Waals surface area contributed by atoms with Gasteiger partial charge in [-0.2, -0.15) is 0 Å². The molecule has 0 aliphatic carbocycles. The number of aromatic nitrogens is 2. The summed E-state index contributed by atoms with van der Waals surface area (Å²) in [5.41, 5.74) is 1.55. The average Bonchev–Trinajstić information content (AvgIpc) is 3.07.